The van der Waals surface area contributed by atoms with Crippen LogP contribution in [0.15, 0.2) is 60.0 Å². The minimum absolute atomic E-state index is 0.0304. The molecule has 5 heteroatoms. The highest BCUT2D eigenvalue weighted by atomic mass is 16.2. The van der Waals surface area contributed by atoms with Gasteiger partial charge in [-0.15, -0.1) is 0 Å². The summed E-state index contributed by atoms with van der Waals surface area (Å²) >= 11 is 0. The summed E-state index contributed by atoms with van der Waals surface area (Å²) in [7, 11) is 0. The Morgan fingerprint density at radius 1 is 1.07 bits per heavy atom. The highest BCUT2D eigenvalue weighted by Gasteiger charge is 2.34. The third-order valence-electron chi connectivity index (χ3n) is 4.96. The molecular weight excluding hydrogens is 336 g/mol. The lowest BCUT2D eigenvalue weighted by atomic mass is 9.95. The van der Waals surface area contributed by atoms with E-state index >= 15 is 0 Å². The van der Waals surface area contributed by atoms with E-state index in [2.05, 4.69) is 29.0 Å². The number of aryl methyl sites for hydroxylation is 1. The van der Waals surface area contributed by atoms with Crippen LogP contribution in [-0.2, 0) is 4.79 Å². The quantitative estimate of drug-likeness (QED) is 0.702. The Labute approximate surface area is 158 Å². The summed E-state index contributed by atoms with van der Waals surface area (Å²) in [5.41, 5.74) is 5.92. The molecule has 1 amide bonds. The van der Waals surface area contributed by atoms with E-state index in [0.717, 1.165) is 27.9 Å². The number of fused-ring (bicyclic) bond motifs is 1. The summed E-state index contributed by atoms with van der Waals surface area (Å²) in [6.45, 7) is 5.89. The van der Waals surface area contributed by atoms with Gasteiger partial charge in [0.2, 0.25) is 5.91 Å². The van der Waals surface area contributed by atoms with Crippen LogP contribution in [0.4, 0.5) is 0 Å². The van der Waals surface area contributed by atoms with Gasteiger partial charge in [0.05, 0.1) is 22.8 Å². The van der Waals surface area contributed by atoms with Gasteiger partial charge < -0.3 is 0 Å². The lowest BCUT2D eigenvalue weighted by molar-refractivity contribution is -0.136. The van der Waals surface area contributed by atoms with Crippen LogP contribution >= 0.6 is 0 Å². The van der Waals surface area contributed by atoms with Crippen molar-refractivity contribution in [3.8, 4) is 0 Å². The molecule has 0 aliphatic carbocycles. The van der Waals surface area contributed by atoms with Crippen LogP contribution in [0, 0.1) is 12.8 Å². The molecule has 0 fully saturated rings. The molecule has 0 saturated carbocycles. The molecule has 1 aliphatic heterocycles. The summed E-state index contributed by atoms with van der Waals surface area (Å²) in [5, 5.41) is 6.40. The molecule has 27 heavy (non-hydrogen) atoms. The van der Waals surface area contributed by atoms with Crippen LogP contribution in [0.25, 0.3) is 11.0 Å². The molecule has 2 aromatic carbocycles. The SMILES string of the molecule is Cc1ccccc1C1=NN(C(=O)C(C)C)[C@H](c2ccc3nccnc3c2)C1. The molecule has 2 heterocycles. The third kappa shape index (κ3) is 3.21. The molecule has 0 N–H and O–H groups in total. The number of carbonyl (C=O) groups excluding carboxylic acids is 1. The zero-order chi connectivity index (χ0) is 19.0. The van der Waals surface area contributed by atoms with Crippen LogP contribution in [0.5, 0.6) is 0 Å². The molecular formula is C22H22N4O. The zero-order valence-electron chi connectivity index (χ0n) is 15.8. The molecule has 1 aromatic heterocycles. The average molecular weight is 358 g/mol. The molecule has 0 saturated heterocycles. The summed E-state index contributed by atoms with van der Waals surface area (Å²) in [6, 6.07) is 14.1. The maximum atomic E-state index is 12.8. The average Bonchev–Trinajstić information content (AvgIpc) is 3.12. The van der Waals surface area contributed by atoms with Gasteiger partial charge in [-0.05, 0) is 30.2 Å². The van der Waals surface area contributed by atoms with Gasteiger partial charge in [0, 0.05) is 30.3 Å². The first-order valence-electron chi connectivity index (χ1n) is 9.22. The fourth-order valence-electron chi connectivity index (χ4n) is 3.48. The van der Waals surface area contributed by atoms with E-state index in [-0.39, 0.29) is 17.9 Å². The topological polar surface area (TPSA) is 58.5 Å². The van der Waals surface area contributed by atoms with Crippen LogP contribution < -0.4 is 0 Å². The molecule has 1 aliphatic rings. The molecule has 0 radical (unpaired) electrons. The summed E-state index contributed by atoms with van der Waals surface area (Å²) in [6.07, 6.45) is 4.06. The Bertz CT molecular complexity index is 1040. The summed E-state index contributed by atoms with van der Waals surface area (Å²) in [4.78, 5) is 21.6. The van der Waals surface area contributed by atoms with E-state index in [9.17, 15) is 4.79 Å². The smallest absolute Gasteiger partial charge is 0.245 e. The molecule has 0 bridgehead atoms. The fraction of sp³-hybridized carbons (Fsp3) is 0.273. The van der Waals surface area contributed by atoms with Crippen LogP contribution in [0.3, 0.4) is 0 Å². The van der Waals surface area contributed by atoms with E-state index in [1.165, 1.54) is 5.56 Å². The number of carbonyl (C=O) groups is 1. The zero-order valence-corrected chi connectivity index (χ0v) is 15.8. The molecule has 0 unspecified atom stereocenters. The van der Waals surface area contributed by atoms with Gasteiger partial charge in [-0.3, -0.25) is 14.8 Å². The predicted molar refractivity (Wildman–Crippen MR) is 106 cm³/mol. The Morgan fingerprint density at radius 2 is 1.81 bits per heavy atom. The second kappa shape index (κ2) is 6.91. The van der Waals surface area contributed by atoms with Gasteiger partial charge in [-0.1, -0.05) is 44.2 Å². The van der Waals surface area contributed by atoms with Crippen molar-refractivity contribution in [2.24, 2.45) is 11.0 Å². The molecule has 1 atom stereocenters. The van der Waals surface area contributed by atoms with Crippen molar-refractivity contribution < 1.29 is 4.79 Å². The van der Waals surface area contributed by atoms with Gasteiger partial charge in [0.25, 0.3) is 0 Å². The number of aromatic nitrogens is 2. The number of hydrogen-bond donors (Lipinski definition) is 0. The number of nitrogens with zero attached hydrogens (tertiary/aromatic N) is 4. The fourth-order valence-corrected chi connectivity index (χ4v) is 3.48. The summed E-state index contributed by atoms with van der Waals surface area (Å²) in [5.74, 6) is -0.0875. The van der Waals surface area contributed by atoms with Gasteiger partial charge in [-0.25, -0.2) is 5.01 Å². The predicted octanol–water partition coefficient (Wildman–Crippen LogP) is 4.27. The maximum Gasteiger partial charge on any atom is 0.245 e. The largest absolute Gasteiger partial charge is 0.273 e. The van der Waals surface area contributed by atoms with Gasteiger partial charge in [-0.2, -0.15) is 5.10 Å². The lowest BCUT2D eigenvalue weighted by Crippen LogP contribution is -2.30. The van der Waals surface area contributed by atoms with Gasteiger partial charge in [0.1, 0.15) is 0 Å². The lowest BCUT2D eigenvalue weighted by Gasteiger charge is -2.23. The number of benzene rings is 2. The van der Waals surface area contributed by atoms with Crippen molar-refractivity contribution in [1.29, 1.82) is 0 Å². The van der Waals surface area contributed by atoms with E-state index in [1.807, 2.05) is 44.2 Å². The van der Waals surface area contributed by atoms with Crippen molar-refractivity contribution in [2.75, 3.05) is 0 Å². The second-order valence-electron chi connectivity index (χ2n) is 7.22. The first-order chi connectivity index (χ1) is 13.0. The highest BCUT2D eigenvalue weighted by molar-refractivity contribution is 6.04. The van der Waals surface area contributed by atoms with E-state index in [4.69, 9.17) is 5.10 Å². The third-order valence-corrected chi connectivity index (χ3v) is 4.96. The molecule has 5 nitrogen and oxygen atoms in total. The maximum absolute atomic E-state index is 12.8. The molecule has 4 rings (SSSR count). The Morgan fingerprint density at radius 3 is 2.56 bits per heavy atom. The number of hydrogen-bond acceptors (Lipinski definition) is 4. The van der Waals surface area contributed by atoms with E-state index < -0.39 is 0 Å². The van der Waals surface area contributed by atoms with E-state index in [0.29, 0.717) is 6.42 Å². The second-order valence-corrected chi connectivity index (χ2v) is 7.22. The number of hydrazone groups is 1. The van der Waals surface area contributed by atoms with Crippen molar-refractivity contribution in [2.45, 2.75) is 33.2 Å². The van der Waals surface area contributed by atoms with Gasteiger partial charge >= 0.3 is 0 Å². The summed E-state index contributed by atoms with van der Waals surface area (Å²) < 4.78 is 0. The van der Waals surface area contributed by atoms with Crippen molar-refractivity contribution in [3.63, 3.8) is 0 Å². The standard InChI is InChI=1S/C22H22N4O/c1-14(2)22(27)26-21(13-19(25-26)17-7-5-4-6-15(17)3)16-8-9-18-20(12-16)24-11-10-23-18/h4-12,14,21H,13H2,1-3H3/t21-/m0/s1. The Kier molecular flexibility index (Phi) is 4.44. The highest BCUT2D eigenvalue weighted by Crippen LogP contribution is 2.35. The molecule has 0 spiro atoms. The minimum atomic E-state index is -0.124. The molecule has 136 valence electrons. The van der Waals surface area contributed by atoms with Crippen LogP contribution in [0.1, 0.15) is 43.0 Å². The van der Waals surface area contributed by atoms with Gasteiger partial charge in [0.15, 0.2) is 0 Å². The van der Waals surface area contributed by atoms with Crippen molar-refractivity contribution >= 4 is 22.7 Å². The van der Waals surface area contributed by atoms with Crippen molar-refractivity contribution in [1.82, 2.24) is 15.0 Å². The first-order valence-corrected chi connectivity index (χ1v) is 9.22. The number of amides is 1. The normalized spacial score (nSPS) is 16.8. The Hall–Kier alpha value is -3.08. The van der Waals surface area contributed by atoms with Crippen LogP contribution in [-0.4, -0.2) is 26.6 Å². The minimum Gasteiger partial charge on any atom is -0.273 e. The number of rotatable bonds is 3. The monoisotopic (exact) mass is 358 g/mol. The van der Waals surface area contributed by atoms with Crippen LogP contribution in [0.2, 0.25) is 0 Å². The van der Waals surface area contributed by atoms with E-state index in [1.54, 1.807) is 17.4 Å². The first kappa shape index (κ1) is 17.3. The van der Waals surface area contributed by atoms with Crippen molar-refractivity contribution in [3.05, 3.63) is 71.5 Å². The Balaban J connectivity index is 1.76. The molecule has 3 aromatic rings.